The van der Waals surface area contributed by atoms with Gasteiger partial charge in [-0.05, 0) is 50.0 Å². The van der Waals surface area contributed by atoms with Gasteiger partial charge in [-0.1, -0.05) is 6.92 Å². The minimum atomic E-state index is -0.438. The van der Waals surface area contributed by atoms with Crippen LogP contribution in [0.1, 0.15) is 39.0 Å². The van der Waals surface area contributed by atoms with E-state index in [4.69, 9.17) is 10.5 Å². The first-order valence-electron chi connectivity index (χ1n) is 6.08. The molecule has 0 radical (unpaired) electrons. The molecule has 1 saturated carbocycles. The van der Waals surface area contributed by atoms with E-state index in [1.807, 2.05) is 6.26 Å². The fourth-order valence-electron chi connectivity index (χ4n) is 1.96. The van der Waals surface area contributed by atoms with Crippen LogP contribution in [0.2, 0.25) is 0 Å². The second kappa shape index (κ2) is 7.17. The predicted octanol–water partition coefficient (Wildman–Crippen LogP) is 2.19. The molecular weight excluding hydrogens is 222 g/mol. The van der Waals surface area contributed by atoms with Crippen LogP contribution < -0.4 is 5.73 Å². The van der Waals surface area contributed by atoms with Crippen molar-refractivity contribution in [1.29, 1.82) is 0 Å². The number of carbonyl (C=O) groups excluding carboxylic acids is 1. The van der Waals surface area contributed by atoms with Gasteiger partial charge in [0.2, 0.25) is 0 Å². The smallest absolute Gasteiger partial charge is 0.323 e. The molecule has 0 aromatic carbocycles. The third-order valence-electron chi connectivity index (χ3n) is 3.18. The van der Waals surface area contributed by atoms with Gasteiger partial charge in [0.25, 0.3) is 0 Å². The van der Waals surface area contributed by atoms with Crippen molar-refractivity contribution >= 4 is 17.7 Å². The monoisotopic (exact) mass is 245 g/mol. The van der Waals surface area contributed by atoms with E-state index in [2.05, 4.69) is 6.92 Å². The van der Waals surface area contributed by atoms with Crippen molar-refractivity contribution in [3.8, 4) is 0 Å². The number of ether oxygens (including phenoxy) is 1. The molecule has 3 nitrogen and oxygen atoms in total. The largest absolute Gasteiger partial charge is 0.461 e. The van der Waals surface area contributed by atoms with Crippen LogP contribution in [0, 0.1) is 5.92 Å². The Morgan fingerprint density at radius 2 is 2.06 bits per heavy atom. The molecule has 16 heavy (non-hydrogen) atoms. The van der Waals surface area contributed by atoms with Gasteiger partial charge in [-0.3, -0.25) is 4.79 Å². The van der Waals surface area contributed by atoms with E-state index in [0.717, 1.165) is 37.4 Å². The lowest BCUT2D eigenvalue weighted by molar-refractivity contribution is -0.152. The third-order valence-corrected chi connectivity index (χ3v) is 3.83. The van der Waals surface area contributed by atoms with Gasteiger partial charge in [-0.25, -0.2) is 0 Å². The van der Waals surface area contributed by atoms with Crippen LogP contribution in [-0.2, 0) is 9.53 Å². The molecule has 2 N–H and O–H groups in total. The Morgan fingerprint density at radius 1 is 1.44 bits per heavy atom. The SMILES string of the molecule is CSCCC(N)C(=O)OC1CCC(C)CC1. The molecule has 0 aliphatic heterocycles. The van der Waals surface area contributed by atoms with Crippen LogP contribution in [-0.4, -0.2) is 30.1 Å². The van der Waals surface area contributed by atoms with E-state index in [0.29, 0.717) is 6.42 Å². The summed E-state index contributed by atoms with van der Waals surface area (Å²) < 4.78 is 5.43. The zero-order valence-electron chi connectivity index (χ0n) is 10.3. The summed E-state index contributed by atoms with van der Waals surface area (Å²) in [4.78, 5) is 11.6. The van der Waals surface area contributed by atoms with Crippen molar-refractivity contribution in [2.24, 2.45) is 11.7 Å². The maximum atomic E-state index is 11.6. The normalized spacial score (nSPS) is 27.4. The lowest BCUT2D eigenvalue weighted by atomic mass is 9.89. The summed E-state index contributed by atoms with van der Waals surface area (Å²) in [5, 5.41) is 0. The van der Waals surface area contributed by atoms with E-state index in [1.54, 1.807) is 11.8 Å². The van der Waals surface area contributed by atoms with Crippen molar-refractivity contribution in [2.45, 2.75) is 51.2 Å². The highest BCUT2D eigenvalue weighted by molar-refractivity contribution is 7.98. The van der Waals surface area contributed by atoms with Crippen LogP contribution in [0.5, 0.6) is 0 Å². The highest BCUT2D eigenvalue weighted by Gasteiger charge is 2.23. The minimum Gasteiger partial charge on any atom is -0.461 e. The molecule has 1 atom stereocenters. The van der Waals surface area contributed by atoms with Crippen LogP contribution in [0.25, 0.3) is 0 Å². The number of carbonyl (C=O) groups is 1. The van der Waals surface area contributed by atoms with E-state index in [1.165, 1.54) is 0 Å². The zero-order chi connectivity index (χ0) is 12.0. The Hall–Kier alpha value is -0.220. The van der Waals surface area contributed by atoms with Gasteiger partial charge in [0.15, 0.2) is 0 Å². The van der Waals surface area contributed by atoms with Gasteiger partial charge >= 0.3 is 5.97 Å². The molecule has 1 rings (SSSR count). The lowest BCUT2D eigenvalue weighted by Gasteiger charge is -2.26. The number of rotatable bonds is 5. The molecule has 0 aromatic heterocycles. The first kappa shape index (κ1) is 13.8. The number of esters is 1. The molecule has 0 bridgehead atoms. The average Bonchev–Trinajstić information content (AvgIpc) is 2.29. The predicted molar refractivity (Wildman–Crippen MR) is 68.5 cm³/mol. The van der Waals surface area contributed by atoms with Crippen molar-refractivity contribution in [2.75, 3.05) is 12.0 Å². The molecule has 1 aliphatic carbocycles. The summed E-state index contributed by atoms with van der Waals surface area (Å²) in [6.07, 6.45) is 7.17. The molecule has 0 heterocycles. The number of hydrogen-bond acceptors (Lipinski definition) is 4. The van der Waals surface area contributed by atoms with E-state index >= 15 is 0 Å². The lowest BCUT2D eigenvalue weighted by Crippen LogP contribution is -2.36. The molecule has 0 aromatic rings. The third kappa shape index (κ3) is 4.74. The number of nitrogens with two attached hydrogens (primary N) is 1. The minimum absolute atomic E-state index is 0.115. The average molecular weight is 245 g/mol. The molecule has 1 unspecified atom stereocenters. The Labute approximate surface area is 102 Å². The van der Waals surface area contributed by atoms with Crippen molar-refractivity contribution in [3.63, 3.8) is 0 Å². The van der Waals surface area contributed by atoms with Crippen molar-refractivity contribution in [1.82, 2.24) is 0 Å². The second-order valence-corrected chi connectivity index (χ2v) is 5.69. The molecule has 0 amide bonds. The fourth-order valence-corrected chi connectivity index (χ4v) is 2.45. The van der Waals surface area contributed by atoms with Gasteiger partial charge in [-0.2, -0.15) is 11.8 Å². The Balaban J connectivity index is 2.22. The first-order valence-corrected chi connectivity index (χ1v) is 7.48. The van der Waals surface area contributed by atoms with Crippen LogP contribution in [0.15, 0.2) is 0 Å². The van der Waals surface area contributed by atoms with Crippen LogP contribution in [0.3, 0.4) is 0 Å². The Kier molecular flexibility index (Phi) is 6.21. The van der Waals surface area contributed by atoms with Gasteiger partial charge in [0.1, 0.15) is 12.1 Å². The number of thioether (sulfide) groups is 1. The highest BCUT2D eigenvalue weighted by Crippen LogP contribution is 2.25. The van der Waals surface area contributed by atoms with E-state index < -0.39 is 6.04 Å². The summed E-state index contributed by atoms with van der Waals surface area (Å²) in [6, 6.07) is -0.438. The van der Waals surface area contributed by atoms with E-state index in [-0.39, 0.29) is 12.1 Å². The van der Waals surface area contributed by atoms with Crippen LogP contribution >= 0.6 is 11.8 Å². The standard InChI is InChI=1S/C12H23NO2S/c1-9-3-5-10(6-4-9)15-12(14)11(13)7-8-16-2/h9-11H,3-8,13H2,1-2H3. The maximum Gasteiger partial charge on any atom is 0.323 e. The molecule has 0 spiro atoms. The molecule has 1 fully saturated rings. The fraction of sp³-hybridized carbons (Fsp3) is 0.917. The molecule has 4 heteroatoms. The molecular formula is C12H23NO2S. The summed E-state index contributed by atoms with van der Waals surface area (Å²) in [5.41, 5.74) is 5.76. The van der Waals surface area contributed by atoms with Crippen molar-refractivity contribution < 1.29 is 9.53 Å². The van der Waals surface area contributed by atoms with Gasteiger partial charge in [0.05, 0.1) is 0 Å². The Bertz CT molecular complexity index is 215. The number of hydrogen-bond donors (Lipinski definition) is 1. The van der Waals surface area contributed by atoms with Crippen LogP contribution in [0.4, 0.5) is 0 Å². The van der Waals surface area contributed by atoms with Gasteiger partial charge < -0.3 is 10.5 Å². The quantitative estimate of drug-likeness (QED) is 0.754. The molecule has 0 saturated heterocycles. The molecule has 94 valence electrons. The summed E-state index contributed by atoms with van der Waals surface area (Å²) in [7, 11) is 0. The van der Waals surface area contributed by atoms with E-state index in [9.17, 15) is 4.79 Å². The van der Waals surface area contributed by atoms with Crippen molar-refractivity contribution in [3.05, 3.63) is 0 Å². The first-order chi connectivity index (χ1) is 7.63. The highest BCUT2D eigenvalue weighted by atomic mass is 32.2. The Morgan fingerprint density at radius 3 is 2.62 bits per heavy atom. The van der Waals surface area contributed by atoms with Gasteiger partial charge in [0, 0.05) is 0 Å². The summed E-state index contributed by atoms with van der Waals surface area (Å²) >= 11 is 1.71. The molecule has 1 aliphatic rings. The summed E-state index contributed by atoms with van der Waals surface area (Å²) in [6.45, 7) is 2.25. The maximum absolute atomic E-state index is 11.6. The summed E-state index contributed by atoms with van der Waals surface area (Å²) in [5.74, 6) is 1.48. The second-order valence-electron chi connectivity index (χ2n) is 4.71. The zero-order valence-corrected chi connectivity index (χ0v) is 11.1. The van der Waals surface area contributed by atoms with Gasteiger partial charge in [-0.15, -0.1) is 0 Å². The topological polar surface area (TPSA) is 52.3 Å².